The molecule has 1 heterocycles. The zero-order valence-corrected chi connectivity index (χ0v) is 12.3. The molecule has 0 unspecified atom stereocenters. The summed E-state index contributed by atoms with van der Waals surface area (Å²) in [4.78, 5) is 12.9. The van der Waals surface area contributed by atoms with Crippen molar-refractivity contribution >= 4 is 23.2 Å². The molecule has 22 heavy (non-hydrogen) atoms. The maximum absolute atomic E-state index is 14.0. The highest BCUT2D eigenvalue weighted by atomic mass is 35.5. The Hall–Kier alpha value is -2.14. The van der Waals surface area contributed by atoms with Crippen LogP contribution >= 0.6 is 11.6 Å². The van der Waals surface area contributed by atoms with Crippen molar-refractivity contribution in [3.63, 3.8) is 0 Å². The van der Waals surface area contributed by atoms with Gasteiger partial charge in [0.15, 0.2) is 0 Å². The molecule has 1 amide bonds. The molecular formula is C16H12ClF2NO2. The van der Waals surface area contributed by atoms with E-state index in [1.165, 1.54) is 31.4 Å². The molecule has 2 aromatic rings. The first-order valence-corrected chi connectivity index (χ1v) is 6.94. The monoisotopic (exact) mass is 323 g/mol. The van der Waals surface area contributed by atoms with E-state index in [1.54, 1.807) is 24.3 Å². The Labute approximate surface area is 131 Å². The first kappa shape index (κ1) is 14.8. The van der Waals surface area contributed by atoms with E-state index in [2.05, 4.69) is 0 Å². The zero-order chi connectivity index (χ0) is 15.9. The molecule has 3 nitrogen and oxygen atoms in total. The van der Waals surface area contributed by atoms with Gasteiger partial charge in [0, 0.05) is 10.7 Å². The smallest absolute Gasteiger partial charge is 0.349 e. The van der Waals surface area contributed by atoms with E-state index in [9.17, 15) is 13.6 Å². The second-order valence-electron chi connectivity index (χ2n) is 4.95. The van der Waals surface area contributed by atoms with Gasteiger partial charge in [-0.15, -0.1) is 0 Å². The first-order valence-electron chi connectivity index (χ1n) is 6.56. The second-order valence-corrected chi connectivity index (χ2v) is 5.39. The number of benzene rings is 2. The van der Waals surface area contributed by atoms with Gasteiger partial charge in [-0.1, -0.05) is 23.7 Å². The lowest BCUT2D eigenvalue weighted by Gasteiger charge is -2.46. The first-order chi connectivity index (χ1) is 10.4. The van der Waals surface area contributed by atoms with Crippen LogP contribution in [-0.4, -0.2) is 18.9 Å². The molecule has 0 bridgehead atoms. The second kappa shape index (κ2) is 5.25. The van der Waals surface area contributed by atoms with Crippen LogP contribution < -0.4 is 9.64 Å². The summed E-state index contributed by atoms with van der Waals surface area (Å²) in [5.41, 5.74) is 0.737. The molecule has 3 rings (SSSR count). The summed E-state index contributed by atoms with van der Waals surface area (Å²) in [5.74, 6) is -4.04. The van der Waals surface area contributed by atoms with E-state index in [1.807, 2.05) is 0 Å². The molecule has 0 spiro atoms. The molecule has 1 saturated heterocycles. The summed E-state index contributed by atoms with van der Waals surface area (Å²) in [6, 6.07) is 11.1. The number of carbonyl (C=O) groups is 1. The molecule has 0 saturated carbocycles. The van der Waals surface area contributed by atoms with Gasteiger partial charge in [-0.05, 0) is 42.0 Å². The van der Waals surface area contributed by atoms with Gasteiger partial charge in [0.25, 0.3) is 0 Å². The van der Waals surface area contributed by atoms with Crippen LogP contribution in [0.4, 0.5) is 14.5 Å². The Balaban J connectivity index is 1.98. The number of methoxy groups -OCH3 is 1. The minimum atomic E-state index is -3.42. The Morgan fingerprint density at radius 2 is 1.68 bits per heavy atom. The molecule has 0 aromatic heterocycles. The van der Waals surface area contributed by atoms with Crippen molar-refractivity contribution in [2.45, 2.75) is 12.0 Å². The van der Waals surface area contributed by atoms with Gasteiger partial charge >= 0.3 is 11.8 Å². The molecule has 1 atom stereocenters. The molecule has 0 radical (unpaired) electrons. The van der Waals surface area contributed by atoms with Gasteiger partial charge < -0.3 is 4.74 Å². The maximum Gasteiger partial charge on any atom is 0.349 e. The van der Waals surface area contributed by atoms with E-state index >= 15 is 0 Å². The third-order valence-corrected chi connectivity index (χ3v) is 3.89. The SMILES string of the molecule is COc1ccc(N2C(=O)C(F)(F)[C@@H]2c2ccc(Cl)cc2)cc1. The van der Waals surface area contributed by atoms with Crippen molar-refractivity contribution in [2.75, 3.05) is 12.0 Å². The topological polar surface area (TPSA) is 29.5 Å². The molecule has 1 aliphatic rings. The molecule has 1 aliphatic heterocycles. The lowest BCUT2D eigenvalue weighted by atomic mass is 9.89. The number of rotatable bonds is 3. The number of amides is 1. The summed E-state index contributed by atoms with van der Waals surface area (Å²) in [6.07, 6.45) is 0. The number of halogens is 3. The minimum Gasteiger partial charge on any atom is -0.497 e. The molecule has 114 valence electrons. The van der Waals surface area contributed by atoms with Crippen LogP contribution in [0.5, 0.6) is 5.75 Å². The van der Waals surface area contributed by atoms with Gasteiger partial charge in [-0.2, -0.15) is 8.78 Å². The van der Waals surface area contributed by atoms with Gasteiger partial charge in [0.2, 0.25) is 0 Å². The fourth-order valence-corrected chi connectivity index (χ4v) is 2.63. The van der Waals surface area contributed by atoms with Crippen LogP contribution in [0.3, 0.4) is 0 Å². The maximum atomic E-state index is 14.0. The summed E-state index contributed by atoms with van der Waals surface area (Å²) >= 11 is 5.78. The van der Waals surface area contributed by atoms with Crippen LogP contribution in [-0.2, 0) is 4.79 Å². The van der Waals surface area contributed by atoms with Gasteiger partial charge in [-0.3, -0.25) is 9.69 Å². The number of carbonyl (C=O) groups excluding carboxylic acids is 1. The summed E-state index contributed by atoms with van der Waals surface area (Å²) in [5, 5.41) is 0.453. The van der Waals surface area contributed by atoms with E-state index in [4.69, 9.17) is 16.3 Å². The fourth-order valence-electron chi connectivity index (χ4n) is 2.50. The molecule has 6 heteroatoms. The van der Waals surface area contributed by atoms with Crippen molar-refractivity contribution in [3.05, 3.63) is 59.1 Å². The van der Waals surface area contributed by atoms with Gasteiger partial charge in [0.05, 0.1) is 7.11 Å². The van der Waals surface area contributed by atoms with Crippen LogP contribution in [0, 0.1) is 0 Å². The average Bonchev–Trinajstić information content (AvgIpc) is 2.53. The minimum absolute atomic E-state index is 0.338. The highest BCUT2D eigenvalue weighted by Gasteiger charge is 2.64. The van der Waals surface area contributed by atoms with Gasteiger partial charge in [-0.25, -0.2) is 0 Å². The Kier molecular flexibility index (Phi) is 3.53. The number of hydrogen-bond acceptors (Lipinski definition) is 2. The van der Waals surface area contributed by atoms with E-state index in [0.717, 1.165) is 4.90 Å². The molecule has 0 aliphatic carbocycles. The van der Waals surface area contributed by atoms with E-state index < -0.39 is 17.9 Å². The number of ether oxygens (including phenoxy) is 1. The molecule has 1 fully saturated rings. The van der Waals surface area contributed by atoms with Crippen molar-refractivity contribution in [3.8, 4) is 5.75 Å². The van der Waals surface area contributed by atoms with Crippen molar-refractivity contribution < 1.29 is 18.3 Å². The standard InChI is InChI=1S/C16H12ClF2NO2/c1-22-13-8-6-12(7-9-13)20-14(16(18,19)15(20)21)10-2-4-11(17)5-3-10/h2-9,14H,1H3/t14-/m0/s1. The zero-order valence-electron chi connectivity index (χ0n) is 11.6. The predicted octanol–water partition coefficient (Wildman–Crippen LogP) is 4.07. The predicted molar refractivity (Wildman–Crippen MR) is 79.6 cm³/mol. The lowest BCUT2D eigenvalue weighted by molar-refractivity contribution is -0.162. The van der Waals surface area contributed by atoms with E-state index in [0.29, 0.717) is 22.0 Å². The number of hydrogen-bond donors (Lipinski definition) is 0. The van der Waals surface area contributed by atoms with Crippen molar-refractivity contribution in [2.24, 2.45) is 0 Å². The lowest BCUT2D eigenvalue weighted by Crippen LogP contribution is -2.64. The van der Waals surface area contributed by atoms with Crippen LogP contribution in [0.25, 0.3) is 0 Å². The van der Waals surface area contributed by atoms with Crippen molar-refractivity contribution in [1.29, 1.82) is 0 Å². The molecular weight excluding hydrogens is 312 g/mol. The largest absolute Gasteiger partial charge is 0.497 e. The third kappa shape index (κ3) is 2.22. The highest BCUT2D eigenvalue weighted by Crippen LogP contribution is 2.49. The van der Waals surface area contributed by atoms with Crippen LogP contribution in [0.15, 0.2) is 48.5 Å². The fraction of sp³-hybridized carbons (Fsp3) is 0.188. The average molecular weight is 324 g/mol. The van der Waals surface area contributed by atoms with Crippen LogP contribution in [0.1, 0.15) is 11.6 Å². The van der Waals surface area contributed by atoms with E-state index in [-0.39, 0.29) is 0 Å². The number of β-lactam (4-membered cyclic amide) rings is 1. The highest BCUT2D eigenvalue weighted by molar-refractivity contribution is 6.30. The number of alkyl halides is 2. The Morgan fingerprint density at radius 1 is 1.09 bits per heavy atom. The normalized spacial score (nSPS) is 19.7. The summed E-state index contributed by atoms with van der Waals surface area (Å²) < 4.78 is 33.1. The Bertz CT molecular complexity index is 701. The van der Waals surface area contributed by atoms with Crippen molar-refractivity contribution in [1.82, 2.24) is 0 Å². The molecule has 2 aromatic carbocycles. The van der Waals surface area contributed by atoms with Crippen LogP contribution in [0.2, 0.25) is 5.02 Å². The summed E-state index contributed by atoms with van der Waals surface area (Å²) in [7, 11) is 1.51. The summed E-state index contributed by atoms with van der Waals surface area (Å²) in [6.45, 7) is 0. The quantitative estimate of drug-likeness (QED) is 0.797. The third-order valence-electron chi connectivity index (χ3n) is 3.64. The number of nitrogens with zero attached hydrogens (tertiary/aromatic N) is 1. The van der Waals surface area contributed by atoms with Gasteiger partial charge in [0.1, 0.15) is 11.8 Å². The number of anilines is 1. The molecule has 0 N–H and O–H groups in total. The Morgan fingerprint density at radius 3 is 2.23 bits per heavy atom.